The first-order chi connectivity index (χ1) is 10.1. The number of hydrogen-bond donors (Lipinski definition) is 0. The molecule has 0 bridgehead atoms. The second kappa shape index (κ2) is 4.44. The summed E-state index contributed by atoms with van der Waals surface area (Å²) in [7, 11) is 1.94. The third-order valence-electron chi connectivity index (χ3n) is 4.38. The molecule has 110 valence electrons. The maximum Gasteiger partial charge on any atom is 0.257 e. The van der Waals surface area contributed by atoms with Crippen LogP contribution in [0.1, 0.15) is 52.4 Å². The van der Waals surface area contributed by atoms with Crippen molar-refractivity contribution in [3.05, 3.63) is 35.3 Å². The third-order valence-corrected chi connectivity index (χ3v) is 4.38. The van der Waals surface area contributed by atoms with Crippen molar-refractivity contribution in [3.63, 3.8) is 0 Å². The summed E-state index contributed by atoms with van der Waals surface area (Å²) < 4.78 is 7.08. The maximum atomic E-state index is 12.3. The topological polar surface area (TPSA) is 64.2 Å². The number of furan rings is 1. The van der Waals surface area contributed by atoms with Crippen LogP contribution < -0.4 is 0 Å². The van der Waals surface area contributed by atoms with Gasteiger partial charge in [0, 0.05) is 26.1 Å². The second-order valence-corrected chi connectivity index (χ2v) is 6.02. The van der Waals surface area contributed by atoms with Crippen LogP contribution in [0.3, 0.4) is 0 Å². The fraction of sp³-hybridized carbons (Fsp3) is 0.533. The van der Waals surface area contributed by atoms with E-state index in [2.05, 4.69) is 10.1 Å². The Labute approximate surface area is 122 Å². The van der Waals surface area contributed by atoms with Gasteiger partial charge >= 0.3 is 0 Å². The Bertz CT molecular complexity index is 692. The Morgan fingerprint density at radius 3 is 2.71 bits per heavy atom. The van der Waals surface area contributed by atoms with Gasteiger partial charge in [0.1, 0.15) is 11.6 Å². The molecule has 1 aliphatic heterocycles. The average Bonchev–Trinajstić information content (AvgIpc) is 3.06. The summed E-state index contributed by atoms with van der Waals surface area (Å²) in [5.41, 5.74) is 0.657. The molecule has 2 aliphatic rings. The molecule has 6 nitrogen and oxygen atoms in total. The highest BCUT2D eigenvalue weighted by atomic mass is 16.3. The molecule has 0 aromatic carbocycles. The predicted octanol–water partition coefficient (Wildman–Crippen LogP) is 1.83. The quantitative estimate of drug-likeness (QED) is 0.863. The van der Waals surface area contributed by atoms with Crippen molar-refractivity contribution >= 4 is 5.91 Å². The summed E-state index contributed by atoms with van der Waals surface area (Å²) in [5, 5.41) is 4.50. The predicted molar refractivity (Wildman–Crippen MR) is 75.1 cm³/mol. The van der Waals surface area contributed by atoms with E-state index in [1.807, 2.05) is 23.6 Å². The smallest absolute Gasteiger partial charge is 0.257 e. The molecule has 0 spiro atoms. The number of carbonyl (C=O) groups is 1. The van der Waals surface area contributed by atoms with Crippen molar-refractivity contribution in [3.8, 4) is 0 Å². The van der Waals surface area contributed by atoms with Crippen LogP contribution in [-0.2, 0) is 7.05 Å². The zero-order valence-electron chi connectivity index (χ0n) is 12.2. The van der Waals surface area contributed by atoms with E-state index in [4.69, 9.17) is 4.42 Å². The van der Waals surface area contributed by atoms with Gasteiger partial charge in [-0.25, -0.2) is 4.98 Å². The summed E-state index contributed by atoms with van der Waals surface area (Å²) in [4.78, 5) is 18.8. The summed E-state index contributed by atoms with van der Waals surface area (Å²) in [5.74, 6) is 3.57. The van der Waals surface area contributed by atoms with Crippen LogP contribution in [0.5, 0.6) is 0 Å². The fourth-order valence-electron chi connectivity index (χ4n) is 2.87. The summed E-state index contributed by atoms with van der Waals surface area (Å²) in [6, 6.07) is 1.73. The van der Waals surface area contributed by atoms with E-state index in [0.717, 1.165) is 11.6 Å². The maximum absolute atomic E-state index is 12.3. The Morgan fingerprint density at radius 2 is 2.10 bits per heavy atom. The fourth-order valence-corrected chi connectivity index (χ4v) is 2.87. The Kier molecular flexibility index (Phi) is 2.67. The summed E-state index contributed by atoms with van der Waals surface area (Å²) >= 11 is 0. The van der Waals surface area contributed by atoms with Crippen molar-refractivity contribution in [2.24, 2.45) is 7.05 Å². The molecule has 1 saturated carbocycles. The average molecular weight is 286 g/mol. The highest BCUT2D eigenvalue weighted by molar-refractivity contribution is 5.95. The van der Waals surface area contributed by atoms with Gasteiger partial charge in [-0.3, -0.25) is 9.48 Å². The Hall–Kier alpha value is -2.11. The molecule has 0 unspecified atom stereocenters. The van der Waals surface area contributed by atoms with Gasteiger partial charge in [-0.2, -0.15) is 5.10 Å². The minimum Gasteiger partial charge on any atom is -0.469 e. The number of hydrogen-bond acceptors (Lipinski definition) is 4. The molecule has 0 N–H and O–H groups in total. The lowest BCUT2D eigenvalue weighted by Crippen LogP contribution is -2.49. The first kappa shape index (κ1) is 12.6. The molecule has 2 fully saturated rings. The molecule has 4 rings (SSSR count). The first-order valence-corrected chi connectivity index (χ1v) is 7.37. The van der Waals surface area contributed by atoms with Gasteiger partial charge in [-0.15, -0.1) is 0 Å². The normalized spacial score (nSPS) is 18.9. The number of aromatic nitrogens is 3. The third kappa shape index (κ3) is 2.05. The van der Waals surface area contributed by atoms with Crippen LogP contribution >= 0.6 is 0 Å². The van der Waals surface area contributed by atoms with E-state index < -0.39 is 0 Å². The number of amides is 1. The second-order valence-electron chi connectivity index (χ2n) is 6.02. The number of aryl methyl sites for hydroxylation is 2. The molecular weight excluding hydrogens is 268 g/mol. The first-order valence-electron chi connectivity index (χ1n) is 7.37. The highest BCUT2D eigenvalue weighted by Gasteiger charge is 2.37. The zero-order valence-corrected chi connectivity index (χ0v) is 12.2. The van der Waals surface area contributed by atoms with Gasteiger partial charge in [-0.1, -0.05) is 0 Å². The number of nitrogens with zero attached hydrogens (tertiary/aromatic N) is 4. The van der Waals surface area contributed by atoms with E-state index >= 15 is 0 Å². The van der Waals surface area contributed by atoms with E-state index in [9.17, 15) is 4.79 Å². The molecule has 2 aromatic heterocycles. The van der Waals surface area contributed by atoms with E-state index in [1.165, 1.54) is 12.8 Å². The lowest BCUT2D eigenvalue weighted by molar-refractivity contribution is 0.0589. The van der Waals surface area contributed by atoms with E-state index in [-0.39, 0.29) is 5.91 Å². The van der Waals surface area contributed by atoms with E-state index in [0.29, 0.717) is 36.2 Å². The molecule has 0 atom stereocenters. The standard InChI is InChI=1S/C15H18N4O2/c1-9-12(5-6-21-9)15(20)19-7-11(8-19)14-16-13(10-3-4-10)17-18(14)2/h5-6,10-11H,3-4,7-8H2,1-2H3. The minimum absolute atomic E-state index is 0.0436. The monoisotopic (exact) mass is 286 g/mol. The van der Waals surface area contributed by atoms with Gasteiger partial charge in [-0.05, 0) is 25.8 Å². The van der Waals surface area contributed by atoms with Gasteiger partial charge < -0.3 is 9.32 Å². The van der Waals surface area contributed by atoms with Gasteiger partial charge in [0.2, 0.25) is 0 Å². The van der Waals surface area contributed by atoms with Crippen LogP contribution in [0.25, 0.3) is 0 Å². The molecule has 2 aromatic rings. The van der Waals surface area contributed by atoms with Gasteiger partial charge in [0.15, 0.2) is 5.82 Å². The molecule has 0 radical (unpaired) electrons. The Balaban J connectivity index is 1.45. The van der Waals surface area contributed by atoms with Gasteiger partial charge in [0.25, 0.3) is 5.91 Å². The van der Waals surface area contributed by atoms with Crippen LogP contribution in [0.4, 0.5) is 0 Å². The molecule has 1 amide bonds. The van der Waals surface area contributed by atoms with Crippen LogP contribution in [0.2, 0.25) is 0 Å². The van der Waals surface area contributed by atoms with Gasteiger partial charge in [0.05, 0.1) is 17.7 Å². The molecule has 3 heterocycles. The number of rotatable bonds is 3. The number of likely N-dealkylation sites (tertiary alicyclic amines) is 1. The van der Waals surface area contributed by atoms with Crippen LogP contribution in [-0.4, -0.2) is 38.7 Å². The lowest BCUT2D eigenvalue weighted by Gasteiger charge is -2.38. The zero-order chi connectivity index (χ0) is 14.6. The van der Waals surface area contributed by atoms with Crippen molar-refractivity contribution in [1.82, 2.24) is 19.7 Å². The molecule has 6 heteroatoms. The van der Waals surface area contributed by atoms with Crippen molar-refractivity contribution in [2.75, 3.05) is 13.1 Å². The molecule has 1 aliphatic carbocycles. The van der Waals surface area contributed by atoms with Crippen molar-refractivity contribution in [1.29, 1.82) is 0 Å². The number of carbonyl (C=O) groups excluding carboxylic acids is 1. The van der Waals surface area contributed by atoms with Crippen LogP contribution in [0, 0.1) is 6.92 Å². The highest BCUT2D eigenvalue weighted by Crippen LogP contribution is 2.39. The lowest BCUT2D eigenvalue weighted by atomic mass is 9.98. The largest absolute Gasteiger partial charge is 0.469 e. The summed E-state index contributed by atoms with van der Waals surface area (Å²) in [6.07, 6.45) is 3.97. The molecule has 21 heavy (non-hydrogen) atoms. The molecular formula is C15H18N4O2. The summed E-state index contributed by atoms with van der Waals surface area (Å²) in [6.45, 7) is 3.23. The minimum atomic E-state index is 0.0436. The van der Waals surface area contributed by atoms with Crippen LogP contribution in [0.15, 0.2) is 16.7 Å². The van der Waals surface area contributed by atoms with E-state index in [1.54, 1.807) is 12.3 Å². The molecule has 1 saturated heterocycles. The Morgan fingerprint density at radius 1 is 1.33 bits per heavy atom. The van der Waals surface area contributed by atoms with Crippen molar-refractivity contribution < 1.29 is 9.21 Å². The van der Waals surface area contributed by atoms with Crippen molar-refractivity contribution in [2.45, 2.75) is 31.6 Å². The SMILES string of the molecule is Cc1occc1C(=O)N1CC(c2nc(C3CC3)nn2C)C1.